The van der Waals surface area contributed by atoms with Gasteiger partial charge < -0.3 is 4.74 Å². The van der Waals surface area contributed by atoms with Crippen LogP contribution in [0.5, 0.6) is 0 Å². The van der Waals surface area contributed by atoms with Gasteiger partial charge in [-0.2, -0.15) is 0 Å². The number of hydrogen-bond donors (Lipinski definition) is 0. The van der Waals surface area contributed by atoms with Gasteiger partial charge in [-0.3, -0.25) is 0 Å². The fourth-order valence-corrected chi connectivity index (χ4v) is 1.69. The molecule has 1 fully saturated rings. The molecule has 12 heavy (non-hydrogen) atoms. The van der Waals surface area contributed by atoms with E-state index in [4.69, 9.17) is 4.74 Å². The van der Waals surface area contributed by atoms with Crippen molar-refractivity contribution in [2.45, 2.75) is 24.9 Å². The van der Waals surface area contributed by atoms with E-state index in [9.17, 15) is 0 Å². The quantitative estimate of drug-likeness (QED) is 0.768. The van der Waals surface area contributed by atoms with Crippen molar-refractivity contribution in [3.63, 3.8) is 0 Å². The third-order valence-corrected chi connectivity index (χ3v) is 2.87. The van der Waals surface area contributed by atoms with Gasteiger partial charge >= 0.3 is 0 Å². The second-order valence-electron chi connectivity index (χ2n) is 2.91. The standard InChI is InChI=1S/C9H12Br2O/c10-6-1-3-9(4-2-7-11)5-8-12-9/h1-2,6-7H,3-5,8H2. The molecule has 1 saturated heterocycles. The van der Waals surface area contributed by atoms with Crippen LogP contribution in [0.4, 0.5) is 0 Å². The van der Waals surface area contributed by atoms with E-state index in [1.54, 1.807) is 0 Å². The van der Waals surface area contributed by atoms with Crippen molar-refractivity contribution < 1.29 is 4.74 Å². The minimum atomic E-state index is 0.0918. The molecule has 68 valence electrons. The molecule has 1 aliphatic heterocycles. The van der Waals surface area contributed by atoms with E-state index in [1.807, 2.05) is 9.97 Å². The largest absolute Gasteiger partial charge is 0.374 e. The number of rotatable bonds is 4. The summed E-state index contributed by atoms with van der Waals surface area (Å²) in [6, 6.07) is 0. The third-order valence-electron chi connectivity index (χ3n) is 2.12. The van der Waals surface area contributed by atoms with Crippen LogP contribution >= 0.6 is 31.9 Å². The highest BCUT2D eigenvalue weighted by molar-refractivity contribution is 9.11. The maximum Gasteiger partial charge on any atom is 0.0773 e. The van der Waals surface area contributed by atoms with Crippen LogP contribution in [-0.4, -0.2) is 12.2 Å². The zero-order chi connectivity index (χ0) is 8.86. The first kappa shape index (κ1) is 10.5. The number of halogens is 2. The van der Waals surface area contributed by atoms with Gasteiger partial charge in [0.25, 0.3) is 0 Å². The minimum absolute atomic E-state index is 0.0918. The van der Waals surface area contributed by atoms with E-state index in [2.05, 4.69) is 44.0 Å². The summed E-state index contributed by atoms with van der Waals surface area (Å²) in [4.78, 5) is 3.79. The summed E-state index contributed by atoms with van der Waals surface area (Å²) in [7, 11) is 0. The molecule has 1 heterocycles. The predicted octanol–water partition coefficient (Wildman–Crippen LogP) is 3.74. The molecule has 3 heteroatoms. The van der Waals surface area contributed by atoms with Crippen LogP contribution < -0.4 is 0 Å². The van der Waals surface area contributed by atoms with Crippen molar-refractivity contribution >= 4 is 31.9 Å². The first-order chi connectivity index (χ1) is 5.83. The van der Waals surface area contributed by atoms with E-state index < -0.39 is 0 Å². The second kappa shape index (κ2) is 5.20. The first-order valence-electron chi connectivity index (χ1n) is 3.97. The maximum absolute atomic E-state index is 5.58. The maximum atomic E-state index is 5.58. The zero-order valence-electron chi connectivity index (χ0n) is 6.80. The van der Waals surface area contributed by atoms with Gasteiger partial charge in [0.15, 0.2) is 0 Å². The fourth-order valence-electron chi connectivity index (χ4n) is 1.31. The van der Waals surface area contributed by atoms with Gasteiger partial charge in [-0.1, -0.05) is 44.0 Å². The van der Waals surface area contributed by atoms with E-state index in [1.165, 1.54) is 6.42 Å². The van der Waals surface area contributed by atoms with Crippen molar-refractivity contribution in [1.29, 1.82) is 0 Å². The van der Waals surface area contributed by atoms with Crippen LogP contribution in [0.1, 0.15) is 19.3 Å². The summed E-state index contributed by atoms with van der Waals surface area (Å²) >= 11 is 6.52. The van der Waals surface area contributed by atoms with Gasteiger partial charge in [0.1, 0.15) is 0 Å². The average molecular weight is 296 g/mol. The van der Waals surface area contributed by atoms with Crippen LogP contribution in [-0.2, 0) is 4.74 Å². The van der Waals surface area contributed by atoms with Crippen molar-refractivity contribution in [2.75, 3.05) is 6.61 Å². The lowest BCUT2D eigenvalue weighted by atomic mass is 9.88. The molecule has 0 spiro atoms. The molecule has 0 aromatic heterocycles. The van der Waals surface area contributed by atoms with Gasteiger partial charge in [-0.15, -0.1) is 0 Å². The van der Waals surface area contributed by atoms with Crippen LogP contribution in [0.3, 0.4) is 0 Å². The molecule has 0 aliphatic carbocycles. The van der Waals surface area contributed by atoms with Crippen LogP contribution in [0, 0.1) is 0 Å². The van der Waals surface area contributed by atoms with E-state index >= 15 is 0 Å². The molecule has 1 rings (SSSR count). The van der Waals surface area contributed by atoms with Crippen molar-refractivity contribution in [3.8, 4) is 0 Å². The van der Waals surface area contributed by atoms with Crippen molar-refractivity contribution in [1.82, 2.24) is 0 Å². The Labute approximate surface area is 90.1 Å². The molecule has 0 bridgehead atoms. The van der Waals surface area contributed by atoms with Gasteiger partial charge in [0.05, 0.1) is 12.2 Å². The highest BCUT2D eigenvalue weighted by atomic mass is 79.9. The molecule has 0 radical (unpaired) electrons. The first-order valence-corrected chi connectivity index (χ1v) is 5.80. The zero-order valence-corrected chi connectivity index (χ0v) is 9.97. The lowest BCUT2D eigenvalue weighted by Gasteiger charge is -2.40. The van der Waals surface area contributed by atoms with E-state index in [-0.39, 0.29) is 5.60 Å². The van der Waals surface area contributed by atoms with E-state index in [0.29, 0.717) is 0 Å². The van der Waals surface area contributed by atoms with Crippen LogP contribution in [0.25, 0.3) is 0 Å². The highest BCUT2D eigenvalue weighted by Gasteiger charge is 2.35. The predicted molar refractivity (Wildman–Crippen MR) is 58.7 cm³/mol. The topological polar surface area (TPSA) is 9.23 Å². The van der Waals surface area contributed by atoms with E-state index in [0.717, 1.165) is 19.4 Å². The molecule has 0 amide bonds. The lowest BCUT2D eigenvalue weighted by molar-refractivity contribution is -0.142. The summed E-state index contributed by atoms with van der Waals surface area (Å²) in [5.41, 5.74) is 0.0918. The summed E-state index contributed by atoms with van der Waals surface area (Å²) in [5, 5.41) is 0. The Hall–Kier alpha value is 0.400. The minimum Gasteiger partial charge on any atom is -0.374 e. The Morgan fingerprint density at radius 3 is 1.92 bits per heavy atom. The number of ether oxygens (including phenoxy) is 1. The Balaban J connectivity index is 2.39. The Morgan fingerprint density at radius 2 is 1.67 bits per heavy atom. The lowest BCUT2D eigenvalue weighted by Crippen LogP contribution is -2.42. The van der Waals surface area contributed by atoms with Crippen molar-refractivity contribution in [3.05, 3.63) is 22.1 Å². The molecular weight excluding hydrogens is 284 g/mol. The molecule has 0 unspecified atom stereocenters. The van der Waals surface area contributed by atoms with Gasteiger partial charge in [-0.25, -0.2) is 0 Å². The molecular formula is C9H12Br2O. The molecule has 0 aromatic rings. The van der Waals surface area contributed by atoms with Crippen molar-refractivity contribution in [2.24, 2.45) is 0 Å². The SMILES string of the molecule is BrC=CCC1(CC=CBr)CCO1. The van der Waals surface area contributed by atoms with Gasteiger partial charge in [0.2, 0.25) is 0 Å². The normalized spacial score (nSPS) is 29.8. The molecule has 1 nitrogen and oxygen atoms in total. The third kappa shape index (κ3) is 2.71. The smallest absolute Gasteiger partial charge is 0.0773 e. The average Bonchev–Trinajstić information content (AvgIpc) is 2.02. The Morgan fingerprint density at radius 1 is 1.17 bits per heavy atom. The molecule has 1 aliphatic rings. The Kier molecular flexibility index (Phi) is 4.54. The monoisotopic (exact) mass is 294 g/mol. The fraction of sp³-hybridized carbons (Fsp3) is 0.556. The second-order valence-corrected chi connectivity index (χ2v) is 3.97. The number of hydrogen-bond acceptors (Lipinski definition) is 1. The molecule has 0 atom stereocenters. The Bertz CT molecular complexity index is 167. The van der Waals surface area contributed by atoms with Crippen LogP contribution in [0.2, 0.25) is 0 Å². The molecule has 0 N–H and O–H groups in total. The highest BCUT2D eigenvalue weighted by Crippen LogP contribution is 2.34. The van der Waals surface area contributed by atoms with Crippen LogP contribution in [0.15, 0.2) is 22.1 Å². The molecule has 0 saturated carbocycles. The van der Waals surface area contributed by atoms with Gasteiger partial charge in [-0.05, 0) is 22.8 Å². The summed E-state index contributed by atoms with van der Waals surface area (Å²) < 4.78 is 5.58. The summed E-state index contributed by atoms with van der Waals surface area (Å²) in [6.45, 7) is 0.909. The molecule has 0 aromatic carbocycles. The van der Waals surface area contributed by atoms with Gasteiger partial charge in [0, 0.05) is 6.42 Å². The summed E-state index contributed by atoms with van der Waals surface area (Å²) in [6.07, 6.45) is 7.36. The summed E-state index contributed by atoms with van der Waals surface area (Å²) in [5.74, 6) is 0.